The van der Waals surface area contributed by atoms with Crippen LogP contribution in [0.4, 0.5) is 5.95 Å². The van der Waals surface area contributed by atoms with E-state index in [-0.39, 0.29) is 29.5 Å². The molecule has 1 aromatic carbocycles. The van der Waals surface area contributed by atoms with Crippen LogP contribution in [-0.4, -0.2) is 21.7 Å². The van der Waals surface area contributed by atoms with Gasteiger partial charge in [0.1, 0.15) is 0 Å². The molecular weight excluding hydrogens is 326 g/mol. The van der Waals surface area contributed by atoms with Gasteiger partial charge in [0.15, 0.2) is 5.78 Å². The number of nitrogens with zero attached hydrogens (tertiary/aromatic N) is 2. The van der Waals surface area contributed by atoms with Crippen molar-refractivity contribution in [1.29, 1.82) is 0 Å². The van der Waals surface area contributed by atoms with Gasteiger partial charge in [-0.15, -0.1) is 0 Å². The van der Waals surface area contributed by atoms with E-state index >= 15 is 0 Å². The number of hydrogen-bond donors (Lipinski definition) is 1. The van der Waals surface area contributed by atoms with Crippen molar-refractivity contribution in [2.75, 3.05) is 5.32 Å². The van der Waals surface area contributed by atoms with Gasteiger partial charge in [-0.3, -0.25) is 14.9 Å². The number of nitrogens with one attached hydrogen (secondary N) is 1. The first kappa shape index (κ1) is 15.3. The van der Waals surface area contributed by atoms with E-state index in [4.69, 9.17) is 11.6 Å². The number of anilines is 1. The van der Waals surface area contributed by atoms with Crippen molar-refractivity contribution in [3.05, 3.63) is 52.3 Å². The molecule has 2 aliphatic carbocycles. The second kappa shape index (κ2) is 5.98. The Hall–Kier alpha value is -2.27. The van der Waals surface area contributed by atoms with E-state index in [1.807, 2.05) is 24.3 Å². The number of benzene rings is 1. The molecule has 2 aliphatic rings. The maximum absolute atomic E-state index is 12.4. The number of carbonyl (C=O) groups excluding carboxylic acids is 2. The predicted octanol–water partition coefficient (Wildman–Crippen LogP) is 3.39. The van der Waals surface area contributed by atoms with Crippen molar-refractivity contribution in [3.63, 3.8) is 0 Å². The summed E-state index contributed by atoms with van der Waals surface area (Å²) in [6.45, 7) is 0. The molecule has 24 heavy (non-hydrogen) atoms. The molecule has 1 saturated carbocycles. The Morgan fingerprint density at radius 2 is 2.08 bits per heavy atom. The van der Waals surface area contributed by atoms with Crippen molar-refractivity contribution >= 4 is 29.2 Å². The Balaban J connectivity index is 1.60. The van der Waals surface area contributed by atoms with Crippen LogP contribution in [0.25, 0.3) is 0 Å². The zero-order valence-corrected chi connectivity index (χ0v) is 13.7. The quantitative estimate of drug-likeness (QED) is 0.928. The molecule has 1 fully saturated rings. The third kappa shape index (κ3) is 3.04. The average Bonchev–Trinajstić information content (AvgIpc) is 3.39. The number of fused-ring (bicyclic) bond motifs is 1. The van der Waals surface area contributed by atoms with Crippen LogP contribution in [0.1, 0.15) is 46.8 Å². The first-order valence-electron chi connectivity index (χ1n) is 8.05. The summed E-state index contributed by atoms with van der Waals surface area (Å²) < 4.78 is 0. The molecular formula is C18H16ClN3O2. The molecule has 122 valence electrons. The number of aromatic nitrogens is 2. The third-order valence-corrected chi connectivity index (χ3v) is 4.78. The van der Waals surface area contributed by atoms with E-state index in [1.165, 1.54) is 6.20 Å². The Labute approximate surface area is 144 Å². The number of halogens is 1. The van der Waals surface area contributed by atoms with E-state index in [0.29, 0.717) is 29.1 Å². The molecule has 5 nitrogen and oxygen atoms in total. The maximum atomic E-state index is 12.4. The molecule has 6 heteroatoms. The molecule has 1 amide bonds. The van der Waals surface area contributed by atoms with Crippen molar-refractivity contribution in [2.45, 2.75) is 31.6 Å². The number of Topliss-reactive ketones (excluding diaryl/α,β-unsaturated/α-hetero) is 1. The average molecular weight is 342 g/mol. The second-order valence-electron chi connectivity index (χ2n) is 6.40. The Morgan fingerprint density at radius 1 is 1.25 bits per heavy atom. The summed E-state index contributed by atoms with van der Waals surface area (Å²) in [4.78, 5) is 32.8. The molecule has 1 unspecified atom stereocenters. The summed E-state index contributed by atoms with van der Waals surface area (Å²) in [7, 11) is 0. The SMILES string of the molecule is O=C1CC(c2cccc(Cl)c2)Cc2nc(NC(=O)C3CC3)ncc21. The minimum Gasteiger partial charge on any atom is -0.294 e. The Bertz CT molecular complexity index is 833. The lowest BCUT2D eigenvalue weighted by Gasteiger charge is -2.23. The van der Waals surface area contributed by atoms with Gasteiger partial charge in [0.05, 0.1) is 11.3 Å². The van der Waals surface area contributed by atoms with E-state index in [1.54, 1.807) is 0 Å². The van der Waals surface area contributed by atoms with Gasteiger partial charge >= 0.3 is 0 Å². The summed E-state index contributed by atoms with van der Waals surface area (Å²) in [6, 6.07) is 7.57. The summed E-state index contributed by atoms with van der Waals surface area (Å²) in [5.74, 6) is 0.408. The van der Waals surface area contributed by atoms with E-state index < -0.39 is 0 Å². The fourth-order valence-corrected chi connectivity index (χ4v) is 3.26. The van der Waals surface area contributed by atoms with Crippen molar-refractivity contribution in [2.24, 2.45) is 5.92 Å². The zero-order chi connectivity index (χ0) is 16.7. The van der Waals surface area contributed by atoms with Crippen LogP contribution in [-0.2, 0) is 11.2 Å². The molecule has 1 aromatic heterocycles. The number of ketones is 1. The van der Waals surface area contributed by atoms with Crippen LogP contribution in [0.5, 0.6) is 0 Å². The molecule has 0 radical (unpaired) electrons. The molecule has 0 aliphatic heterocycles. The minimum absolute atomic E-state index is 0.0290. The summed E-state index contributed by atoms with van der Waals surface area (Å²) >= 11 is 6.06. The Morgan fingerprint density at radius 3 is 2.83 bits per heavy atom. The van der Waals surface area contributed by atoms with Crippen molar-refractivity contribution in [3.8, 4) is 0 Å². The molecule has 1 N–H and O–H groups in total. The maximum Gasteiger partial charge on any atom is 0.229 e. The summed E-state index contributed by atoms with van der Waals surface area (Å²) in [6.07, 6.45) is 4.43. The van der Waals surface area contributed by atoms with Crippen LogP contribution in [0.15, 0.2) is 30.5 Å². The molecule has 0 saturated heterocycles. The predicted molar refractivity (Wildman–Crippen MR) is 90.2 cm³/mol. The van der Waals surface area contributed by atoms with Crippen molar-refractivity contribution < 1.29 is 9.59 Å². The van der Waals surface area contributed by atoms with Gasteiger partial charge in [-0.1, -0.05) is 23.7 Å². The van der Waals surface area contributed by atoms with E-state index in [0.717, 1.165) is 18.4 Å². The van der Waals surface area contributed by atoms with Crippen molar-refractivity contribution in [1.82, 2.24) is 9.97 Å². The normalized spacial score (nSPS) is 19.7. The topological polar surface area (TPSA) is 72.0 Å². The lowest BCUT2D eigenvalue weighted by atomic mass is 9.82. The first-order chi connectivity index (χ1) is 11.6. The number of amides is 1. The summed E-state index contributed by atoms with van der Waals surface area (Å²) in [5.41, 5.74) is 2.28. The standard InChI is InChI=1S/C18H16ClN3O2/c19-13-3-1-2-11(6-13)12-7-15-14(16(23)8-12)9-20-18(21-15)22-17(24)10-4-5-10/h1-3,6,9-10,12H,4-5,7-8H2,(H,20,21,22,24). The summed E-state index contributed by atoms with van der Waals surface area (Å²) in [5, 5.41) is 3.40. The van der Waals surface area contributed by atoms with Gasteiger partial charge in [-0.2, -0.15) is 0 Å². The van der Waals surface area contributed by atoms with Gasteiger partial charge in [0, 0.05) is 23.6 Å². The van der Waals surface area contributed by atoms with Gasteiger partial charge < -0.3 is 0 Å². The van der Waals surface area contributed by atoms with E-state index in [9.17, 15) is 9.59 Å². The van der Waals surface area contributed by atoms with Crippen LogP contribution < -0.4 is 5.32 Å². The van der Waals surface area contributed by atoms with Gasteiger partial charge in [0.25, 0.3) is 0 Å². The lowest BCUT2D eigenvalue weighted by molar-refractivity contribution is -0.117. The van der Waals surface area contributed by atoms with Gasteiger partial charge in [-0.25, -0.2) is 9.97 Å². The van der Waals surface area contributed by atoms with Crippen LogP contribution >= 0.6 is 11.6 Å². The minimum atomic E-state index is -0.0384. The molecule has 0 bridgehead atoms. The highest BCUT2D eigenvalue weighted by molar-refractivity contribution is 6.30. The lowest BCUT2D eigenvalue weighted by Crippen LogP contribution is -2.22. The highest BCUT2D eigenvalue weighted by Crippen LogP contribution is 2.33. The fraction of sp³-hybridized carbons (Fsp3) is 0.333. The molecule has 1 atom stereocenters. The smallest absolute Gasteiger partial charge is 0.229 e. The largest absolute Gasteiger partial charge is 0.294 e. The second-order valence-corrected chi connectivity index (χ2v) is 6.84. The highest BCUT2D eigenvalue weighted by Gasteiger charge is 2.31. The van der Waals surface area contributed by atoms with Gasteiger partial charge in [-0.05, 0) is 42.9 Å². The first-order valence-corrected chi connectivity index (χ1v) is 8.43. The van der Waals surface area contributed by atoms with Gasteiger partial charge in [0.2, 0.25) is 11.9 Å². The third-order valence-electron chi connectivity index (χ3n) is 4.54. The van der Waals surface area contributed by atoms with E-state index in [2.05, 4.69) is 15.3 Å². The number of hydrogen-bond acceptors (Lipinski definition) is 4. The Kier molecular flexibility index (Phi) is 3.81. The van der Waals surface area contributed by atoms with Crippen LogP contribution in [0, 0.1) is 5.92 Å². The molecule has 2 aromatic rings. The molecule has 4 rings (SSSR count). The van der Waals surface area contributed by atoms with Crippen LogP contribution in [0.3, 0.4) is 0 Å². The highest BCUT2D eigenvalue weighted by atomic mass is 35.5. The monoisotopic (exact) mass is 341 g/mol. The number of rotatable bonds is 3. The van der Waals surface area contributed by atoms with Crippen LogP contribution in [0.2, 0.25) is 5.02 Å². The molecule has 1 heterocycles. The molecule has 0 spiro atoms. The fourth-order valence-electron chi connectivity index (χ4n) is 3.06. The zero-order valence-electron chi connectivity index (χ0n) is 13.0. The number of carbonyl (C=O) groups is 2.